The molecule has 2 rings (SSSR count). The predicted molar refractivity (Wildman–Crippen MR) is 81.7 cm³/mol. The zero-order valence-corrected chi connectivity index (χ0v) is 13.7. The first-order chi connectivity index (χ1) is 10.3. The van der Waals surface area contributed by atoms with E-state index in [9.17, 15) is 13.2 Å². The molecule has 1 fully saturated rings. The smallest absolute Gasteiger partial charge is 0.306 e. The van der Waals surface area contributed by atoms with Crippen molar-refractivity contribution in [2.75, 3.05) is 7.11 Å². The van der Waals surface area contributed by atoms with Crippen molar-refractivity contribution in [3.63, 3.8) is 0 Å². The zero-order valence-electron chi connectivity index (χ0n) is 12.1. The van der Waals surface area contributed by atoms with Crippen LogP contribution in [0.25, 0.3) is 0 Å². The van der Waals surface area contributed by atoms with Gasteiger partial charge in [0.25, 0.3) is 0 Å². The molecular formula is C14H18ClNO5S. The van der Waals surface area contributed by atoms with Crippen molar-refractivity contribution in [2.24, 2.45) is 5.92 Å². The standard InChI is InChI=1S/C14H18ClNO5S/c1-21-13-8-11(5-6-12(13)15)22(19,20)16-10-4-2-3-9(7-10)14(17)18/h5-6,8-10,16H,2-4,7H2,1H3,(H,17,18)/t9-,10+/m0/s1. The minimum atomic E-state index is -3.74. The van der Waals surface area contributed by atoms with Gasteiger partial charge in [-0.15, -0.1) is 0 Å². The van der Waals surface area contributed by atoms with Crippen LogP contribution in [0, 0.1) is 5.92 Å². The molecule has 1 aliphatic rings. The van der Waals surface area contributed by atoms with Crippen LogP contribution in [0.1, 0.15) is 25.7 Å². The summed E-state index contributed by atoms with van der Waals surface area (Å²) in [5.74, 6) is -1.10. The molecule has 0 unspecified atom stereocenters. The SMILES string of the molecule is COc1cc(S(=O)(=O)N[C@@H]2CCC[C@H](C(=O)O)C2)ccc1Cl. The summed E-state index contributed by atoms with van der Waals surface area (Å²) in [6.45, 7) is 0. The van der Waals surface area contributed by atoms with Crippen LogP contribution in [-0.4, -0.2) is 32.6 Å². The molecule has 6 nitrogen and oxygen atoms in total. The molecule has 22 heavy (non-hydrogen) atoms. The van der Waals surface area contributed by atoms with Crippen LogP contribution in [0.15, 0.2) is 23.1 Å². The van der Waals surface area contributed by atoms with E-state index in [4.69, 9.17) is 21.4 Å². The summed E-state index contributed by atoms with van der Waals surface area (Å²) in [7, 11) is -2.33. The lowest BCUT2D eigenvalue weighted by Crippen LogP contribution is -2.39. The van der Waals surface area contributed by atoms with Crippen LogP contribution in [-0.2, 0) is 14.8 Å². The molecule has 0 spiro atoms. The van der Waals surface area contributed by atoms with Gasteiger partial charge >= 0.3 is 5.97 Å². The van der Waals surface area contributed by atoms with E-state index in [0.717, 1.165) is 0 Å². The Labute approximate surface area is 134 Å². The first-order valence-electron chi connectivity index (χ1n) is 6.92. The van der Waals surface area contributed by atoms with E-state index in [2.05, 4.69) is 4.72 Å². The molecule has 0 bridgehead atoms. The fourth-order valence-corrected chi connectivity index (χ4v) is 4.11. The molecule has 2 atom stereocenters. The van der Waals surface area contributed by atoms with Gasteiger partial charge in [-0.2, -0.15) is 0 Å². The van der Waals surface area contributed by atoms with E-state index in [1.165, 1.54) is 25.3 Å². The van der Waals surface area contributed by atoms with Crippen molar-refractivity contribution >= 4 is 27.6 Å². The van der Waals surface area contributed by atoms with Crippen molar-refractivity contribution in [1.29, 1.82) is 0 Å². The van der Waals surface area contributed by atoms with Crippen molar-refractivity contribution in [3.05, 3.63) is 23.2 Å². The molecule has 0 aromatic heterocycles. The topological polar surface area (TPSA) is 92.7 Å². The van der Waals surface area contributed by atoms with Crippen molar-refractivity contribution < 1.29 is 23.1 Å². The molecule has 0 radical (unpaired) electrons. The first-order valence-corrected chi connectivity index (χ1v) is 8.78. The third kappa shape index (κ3) is 3.91. The number of sulfonamides is 1. The Morgan fingerprint density at radius 1 is 1.41 bits per heavy atom. The number of hydrogen-bond donors (Lipinski definition) is 2. The second-order valence-electron chi connectivity index (χ2n) is 5.32. The van der Waals surface area contributed by atoms with Gasteiger partial charge < -0.3 is 9.84 Å². The highest BCUT2D eigenvalue weighted by Crippen LogP contribution is 2.29. The van der Waals surface area contributed by atoms with Crippen LogP contribution in [0.4, 0.5) is 0 Å². The maximum atomic E-state index is 12.4. The molecule has 0 amide bonds. The minimum absolute atomic E-state index is 0.0474. The minimum Gasteiger partial charge on any atom is -0.495 e. The van der Waals surface area contributed by atoms with Crippen molar-refractivity contribution in [1.82, 2.24) is 4.72 Å². The number of hydrogen-bond acceptors (Lipinski definition) is 4. The Bertz CT molecular complexity index is 661. The summed E-state index contributed by atoms with van der Waals surface area (Å²) < 4.78 is 32.4. The molecule has 1 aromatic rings. The number of rotatable bonds is 5. The monoisotopic (exact) mass is 347 g/mol. The Kier molecular flexibility index (Phi) is 5.31. The van der Waals surface area contributed by atoms with Gasteiger partial charge in [0, 0.05) is 12.1 Å². The Morgan fingerprint density at radius 3 is 2.77 bits per heavy atom. The van der Waals surface area contributed by atoms with Gasteiger partial charge in [-0.25, -0.2) is 13.1 Å². The van der Waals surface area contributed by atoms with Gasteiger partial charge in [0.1, 0.15) is 5.75 Å². The normalized spacial score (nSPS) is 22.3. The summed E-state index contributed by atoms with van der Waals surface area (Å²) in [4.78, 5) is 11.1. The van der Waals surface area contributed by atoms with Gasteiger partial charge in [0.05, 0.1) is 22.9 Å². The highest BCUT2D eigenvalue weighted by atomic mass is 35.5. The van der Waals surface area contributed by atoms with E-state index < -0.39 is 21.9 Å². The number of nitrogens with one attached hydrogen (secondary N) is 1. The summed E-state index contributed by atoms with van der Waals surface area (Å²) in [5.41, 5.74) is 0. The van der Waals surface area contributed by atoms with E-state index in [0.29, 0.717) is 30.7 Å². The largest absolute Gasteiger partial charge is 0.495 e. The average molecular weight is 348 g/mol. The number of carbonyl (C=O) groups is 1. The van der Waals surface area contributed by atoms with Gasteiger partial charge in [0.15, 0.2) is 0 Å². The predicted octanol–water partition coefficient (Wildman–Crippen LogP) is 2.27. The average Bonchev–Trinajstić information content (AvgIpc) is 2.47. The van der Waals surface area contributed by atoms with Gasteiger partial charge in [-0.3, -0.25) is 4.79 Å². The maximum absolute atomic E-state index is 12.4. The van der Waals surface area contributed by atoms with E-state index in [1.807, 2.05) is 0 Å². The molecular weight excluding hydrogens is 330 g/mol. The second-order valence-corrected chi connectivity index (χ2v) is 7.44. The number of benzene rings is 1. The molecule has 0 saturated heterocycles. The number of aliphatic carboxylic acids is 1. The molecule has 0 heterocycles. The van der Waals surface area contributed by atoms with Crippen LogP contribution in [0.3, 0.4) is 0 Å². The summed E-state index contributed by atoms with van der Waals surface area (Å²) in [6.07, 6.45) is 2.21. The van der Waals surface area contributed by atoms with Crippen molar-refractivity contribution in [2.45, 2.75) is 36.6 Å². The Hall–Kier alpha value is -1.31. The lowest BCUT2D eigenvalue weighted by molar-refractivity contribution is -0.143. The van der Waals surface area contributed by atoms with Gasteiger partial charge in [-0.1, -0.05) is 18.0 Å². The molecule has 1 aromatic carbocycles. The zero-order chi connectivity index (χ0) is 16.3. The van der Waals surface area contributed by atoms with E-state index >= 15 is 0 Å². The Balaban J connectivity index is 2.15. The number of ether oxygens (including phenoxy) is 1. The summed E-state index contributed by atoms with van der Waals surface area (Å²) >= 11 is 5.89. The Morgan fingerprint density at radius 2 is 2.14 bits per heavy atom. The third-order valence-electron chi connectivity index (χ3n) is 3.78. The van der Waals surface area contributed by atoms with Crippen LogP contribution in [0.5, 0.6) is 5.75 Å². The third-order valence-corrected chi connectivity index (χ3v) is 5.61. The fraction of sp³-hybridized carbons (Fsp3) is 0.500. The quantitative estimate of drug-likeness (QED) is 0.852. The summed E-state index contributed by atoms with van der Waals surface area (Å²) in [5, 5.41) is 9.39. The highest BCUT2D eigenvalue weighted by molar-refractivity contribution is 7.89. The van der Waals surface area contributed by atoms with Crippen molar-refractivity contribution in [3.8, 4) is 5.75 Å². The maximum Gasteiger partial charge on any atom is 0.306 e. The van der Waals surface area contributed by atoms with Gasteiger partial charge in [0.2, 0.25) is 10.0 Å². The molecule has 122 valence electrons. The molecule has 1 aliphatic carbocycles. The van der Waals surface area contributed by atoms with Crippen LogP contribution < -0.4 is 9.46 Å². The van der Waals surface area contributed by atoms with Gasteiger partial charge in [-0.05, 0) is 31.4 Å². The molecule has 8 heteroatoms. The lowest BCUT2D eigenvalue weighted by Gasteiger charge is -2.27. The summed E-state index contributed by atoms with van der Waals surface area (Å²) in [6, 6.07) is 3.82. The first kappa shape index (κ1) is 17.1. The van der Waals surface area contributed by atoms with Crippen LogP contribution >= 0.6 is 11.6 Å². The molecule has 2 N–H and O–H groups in total. The fourth-order valence-electron chi connectivity index (χ4n) is 2.62. The number of halogens is 1. The van der Waals surface area contributed by atoms with E-state index in [1.54, 1.807) is 0 Å². The number of carboxylic acid groups (broad SMARTS) is 1. The molecule has 1 saturated carbocycles. The van der Waals surface area contributed by atoms with E-state index in [-0.39, 0.29) is 16.7 Å². The van der Waals surface area contributed by atoms with Crippen LogP contribution in [0.2, 0.25) is 5.02 Å². The number of carboxylic acids is 1. The second kappa shape index (κ2) is 6.85. The lowest BCUT2D eigenvalue weighted by atomic mass is 9.86. The number of methoxy groups -OCH3 is 1. The highest BCUT2D eigenvalue weighted by Gasteiger charge is 2.30. The molecule has 0 aliphatic heterocycles.